The van der Waals surface area contributed by atoms with Crippen LogP contribution in [0.3, 0.4) is 0 Å². The van der Waals surface area contributed by atoms with Crippen LogP contribution in [-0.2, 0) is 28.8 Å². The molecule has 0 aromatic rings. The molecule has 14 nitrogen and oxygen atoms in total. The molecule has 0 bridgehead atoms. The van der Waals surface area contributed by atoms with Crippen LogP contribution in [0.5, 0.6) is 0 Å². The van der Waals surface area contributed by atoms with Gasteiger partial charge in [-0.15, -0.1) is 0 Å². The van der Waals surface area contributed by atoms with E-state index in [1.165, 1.54) is 0 Å². The molecule has 14 heteroatoms. The van der Waals surface area contributed by atoms with Gasteiger partial charge in [0.1, 0.15) is 12.1 Å². The summed E-state index contributed by atoms with van der Waals surface area (Å²) < 4.78 is 0. The highest BCUT2D eigenvalue weighted by molar-refractivity contribution is 5.94. The van der Waals surface area contributed by atoms with Gasteiger partial charge in [0.05, 0.1) is 32.0 Å². The summed E-state index contributed by atoms with van der Waals surface area (Å²) in [4.78, 5) is 67.2. The standard InChI is InChI=1S/C13H20N4O10/c14-5(1-9(20)21)11(24)15-3-8(19)16-6(2-10(22)23)12(25)17-7(4-18)13(26)27/h5-7,18H,1-4,14H2,(H,15,24)(H,16,19)(H,17,25)(H,20,21)(H,22,23)(H,26,27). The van der Waals surface area contributed by atoms with Crippen LogP contribution in [-0.4, -0.2) is 87.3 Å². The third kappa shape index (κ3) is 9.71. The van der Waals surface area contributed by atoms with Crippen LogP contribution in [0.4, 0.5) is 0 Å². The first kappa shape index (κ1) is 23.7. The minimum atomic E-state index is -1.71. The first-order valence-electron chi connectivity index (χ1n) is 7.38. The van der Waals surface area contributed by atoms with Crippen molar-refractivity contribution in [3.8, 4) is 0 Å². The van der Waals surface area contributed by atoms with Crippen molar-refractivity contribution >= 4 is 35.6 Å². The number of aliphatic hydroxyl groups excluding tert-OH is 1. The molecule has 0 saturated heterocycles. The lowest BCUT2D eigenvalue weighted by atomic mass is 10.1. The van der Waals surface area contributed by atoms with Crippen molar-refractivity contribution in [2.45, 2.75) is 31.0 Å². The van der Waals surface area contributed by atoms with Crippen molar-refractivity contribution in [1.82, 2.24) is 16.0 Å². The Morgan fingerprint density at radius 1 is 0.815 bits per heavy atom. The van der Waals surface area contributed by atoms with Crippen LogP contribution in [0.1, 0.15) is 12.8 Å². The molecule has 0 spiro atoms. The first-order chi connectivity index (χ1) is 12.5. The van der Waals surface area contributed by atoms with Crippen LogP contribution in [0, 0.1) is 0 Å². The second-order valence-corrected chi connectivity index (χ2v) is 5.22. The van der Waals surface area contributed by atoms with Crippen molar-refractivity contribution in [3.63, 3.8) is 0 Å². The van der Waals surface area contributed by atoms with E-state index in [1.807, 2.05) is 16.0 Å². The summed E-state index contributed by atoms with van der Waals surface area (Å²) in [6.07, 6.45) is -1.59. The second-order valence-electron chi connectivity index (χ2n) is 5.22. The molecule has 9 N–H and O–H groups in total. The Kier molecular flexibility index (Phi) is 10.0. The third-order valence-electron chi connectivity index (χ3n) is 2.98. The van der Waals surface area contributed by atoms with Crippen LogP contribution in [0.15, 0.2) is 0 Å². The number of amides is 3. The SMILES string of the molecule is NC(CC(=O)O)C(=O)NCC(=O)NC(CC(=O)O)C(=O)NC(CO)C(=O)O. The van der Waals surface area contributed by atoms with E-state index in [2.05, 4.69) is 0 Å². The Bertz CT molecular complexity index is 608. The van der Waals surface area contributed by atoms with E-state index in [9.17, 15) is 28.8 Å². The molecule has 3 atom stereocenters. The van der Waals surface area contributed by atoms with Crippen molar-refractivity contribution in [2.75, 3.05) is 13.2 Å². The maximum Gasteiger partial charge on any atom is 0.328 e. The summed E-state index contributed by atoms with van der Waals surface area (Å²) in [7, 11) is 0. The lowest BCUT2D eigenvalue weighted by Gasteiger charge is -2.19. The monoisotopic (exact) mass is 392 g/mol. The number of nitrogens with one attached hydrogen (secondary N) is 3. The first-order valence-corrected chi connectivity index (χ1v) is 7.38. The summed E-state index contributed by atoms with van der Waals surface area (Å²) in [6.45, 7) is -1.70. The molecule has 0 rings (SSSR count). The molecule has 27 heavy (non-hydrogen) atoms. The Labute approximate surface area is 151 Å². The Morgan fingerprint density at radius 3 is 1.81 bits per heavy atom. The van der Waals surface area contributed by atoms with Gasteiger partial charge >= 0.3 is 17.9 Å². The predicted molar refractivity (Wildman–Crippen MR) is 84.1 cm³/mol. The number of carbonyl (C=O) groups excluding carboxylic acids is 3. The molecule has 0 aliphatic heterocycles. The molecule has 0 saturated carbocycles. The van der Waals surface area contributed by atoms with E-state index in [-0.39, 0.29) is 0 Å². The van der Waals surface area contributed by atoms with E-state index in [4.69, 9.17) is 26.2 Å². The number of hydrogen-bond acceptors (Lipinski definition) is 8. The van der Waals surface area contributed by atoms with E-state index >= 15 is 0 Å². The van der Waals surface area contributed by atoms with Crippen molar-refractivity contribution in [2.24, 2.45) is 5.73 Å². The Morgan fingerprint density at radius 2 is 1.37 bits per heavy atom. The van der Waals surface area contributed by atoms with Crippen LogP contribution in [0.2, 0.25) is 0 Å². The van der Waals surface area contributed by atoms with Crippen LogP contribution >= 0.6 is 0 Å². The smallest absolute Gasteiger partial charge is 0.328 e. The molecule has 0 fully saturated rings. The second kappa shape index (κ2) is 11.4. The fourth-order valence-corrected chi connectivity index (χ4v) is 1.67. The summed E-state index contributed by atoms with van der Waals surface area (Å²) in [5.74, 6) is -7.55. The van der Waals surface area contributed by atoms with Gasteiger partial charge in [-0.3, -0.25) is 24.0 Å². The summed E-state index contributed by atoms with van der Waals surface area (Å²) >= 11 is 0. The Balaban J connectivity index is 4.79. The van der Waals surface area contributed by atoms with Gasteiger partial charge in [-0.1, -0.05) is 0 Å². The minimum Gasteiger partial charge on any atom is -0.481 e. The minimum absolute atomic E-state index is 0.685. The number of carboxylic acids is 3. The molecule has 0 radical (unpaired) electrons. The number of rotatable bonds is 12. The maximum absolute atomic E-state index is 11.9. The van der Waals surface area contributed by atoms with Gasteiger partial charge < -0.3 is 42.1 Å². The summed E-state index contributed by atoms with van der Waals surface area (Å²) in [5.41, 5.74) is 5.27. The zero-order chi connectivity index (χ0) is 21.1. The largest absolute Gasteiger partial charge is 0.481 e. The lowest BCUT2D eigenvalue weighted by Crippen LogP contribution is -2.55. The molecule has 0 aliphatic rings. The number of aliphatic hydroxyl groups is 1. The van der Waals surface area contributed by atoms with Gasteiger partial charge in [-0.25, -0.2) is 4.79 Å². The molecule has 0 aromatic heterocycles. The molecule has 0 aromatic carbocycles. The molecule has 3 amide bonds. The van der Waals surface area contributed by atoms with Gasteiger partial charge in [-0.05, 0) is 0 Å². The highest BCUT2D eigenvalue weighted by Crippen LogP contribution is 1.96. The Hall–Kier alpha value is -3.26. The third-order valence-corrected chi connectivity index (χ3v) is 2.98. The topological polar surface area (TPSA) is 245 Å². The molecular formula is C13H20N4O10. The van der Waals surface area contributed by atoms with Gasteiger partial charge in [0.25, 0.3) is 0 Å². The normalized spacial score (nSPS) is 13.6. The van der Waals surface area contributed by atoms with E-state index in [1.54, 1.807) is 0 Å². The zero-order valence-corrected chi connectivity index (χ0v) is 13.9. The van der Waals surface area contributed by atoms with Gasteiger partial charge in [0.2, 0.25) is 17.7 Å². The van der Waals surface area contributed by atoms with Gasteiger partial charge in [0, 0.05) is 0 Å². The molecule has 3 unspecified atom stereocenters. The zero-order valence-electron chi connectivity index (χ0n) is 13.9. The molecule has 0 aliphatic carbocycles. The predicted octanol–water partition coefficient (Wildman–Crippen LogP) is -4.57. The van der Waals surface area contributed by atoms with Crippen LogP contribution < -0.4 is 21.7 Å². The van der Waals surface area contributed by atoms with Crippen molar-refractivity contribution < 1.29 is 49.2 Å². The number of hydrogen-bond donors (Lipinski definition) is 8. The number of carboxylic acid groups (broad SMARTS) is 3. The quantitative estimate of drug-likeness (QED) is 0.157. The number of nitrogens with two attached hydrogens (primary N) is 1. The van der Waals surface area contributed by atoms with Gasteiger partial charge in [-0.2, -0.15) is 0 Å². The van der Waals surface area contributed by atoms with Gasteiger partial charge in [0.15, 0.2) is 0 Å². The lowest BCUT2D eigenvalue weighted by molar-refractivity contribution is -0.144. The summed E-state index contributed by atoms with van der Waals surface area (Å²) in [6, 6.07) is -4.82. The van der Waals surface area contributed by atoms with Crippen molar-refractivity contribution in [3.05, 3.63) is 0 Å². The highest BCUT2D eigenvalue weighted by atomic mass is 16.4. The van der Waals surface area contributed by atoms with E-state index < -0.39 is 79.7 Å². The fraction of sp³-hybridized carbons (Fsp3) is 0.538. The van der Waals surface area contributed by atoms with E-state index in [0.717, 1.165) is 0 Å². The molecule has 152 valence electrons. The van der Waals surface area contributed by atoms with Crippen molar-refractivity contribution in [1.29, 1.82) is 0 Å². The van der Waals surface area contributed by atoms with Crippen LogP contribution in [0.25, 0.3) is 0 Å². The fourth-order valence-electron chi connectivity index (χ4n) is 1.67. The highest BCUT2D eigenvalue weighted by Gasteiger charge is 2.28. The average molecular weight is 392 g/mol. The molecular weight excluding hydrogens is 372 g/mol. The number of carbonyl (C=O) groups is 6. The van der Waals surface area contributed by atoms with E-state index in [0.29, 0.717) is 0 Å². The maximum atomic E-state index is 11.9. The molecule has 0 heterocycles. The summed E-state index contributed by atoms with van der Waals surface area (Å²) in [5, 5.41) is 40.7. The average Bonchev–Trinajstić information content (AvgIpc) is 2.55. The number of aliphatic carboxylic acids is 3.